The fourth-order valence-electron chi connectivity index (χ4n) is 5.83. The fraction of sp³-hybridized carbons (Fsp3) is 0.357. The molecule has 0 aliphatic heterocycles. The Kier molecular flexibility index (Phi) is 16.2. The van der Waals surface area contributed by atoms with E-state index in [9.17, 15) is 24.3 Å². The molecular weight excluding hydrogens is 684 g/mol. The Balaban J connectivity index is 1.56. The highest BCUT2D eigenvalue weighted by Crippen LogP contribution is 2.14. The van der Waals surface area contributed by atoms with Crippen molar-refractivity contribution in [2.24, 2.45) is 11.8 Å². The zero-order chi connectivity index (χ0) is 38.9. The maximum atomic E-state index is 14.2. The van der Waals surface area contributed by atoms with Crippen molar-refractivity contribution in [1.82, 2.24) is 31.6 Å². The largest absolute Gasteiger partial charge is 0.445 e. The quantitative estimate of drug-likeness (QED) is 0.0838. The van der Waals surface area contributed by atoms with Crippen molar-refractivity contribution in [2.45, 2.75) is 84.1 Å². The summed E-state index contributed by atoms with van der Waals surface area (Å²) in [5.74, 6) is -2.20. The number of hydrogen-bond donors (Lipinski definition) is 6. The topological polar surface area (TPSA) is 171 Å². The molecule has 12 nitrogen and oxygen atoms in total. The average molecular weight is 737 g/mol. The van der Waals surface area contributed by atoms with Crippen molar-refractivity contribution in [3.8, 4) is 0 Å². The zero-order valence-corrected chi connectivity index (χ0v) is 31.3. The molecule has 0 spiro atoms. The van der Waals surface area contributed by atoms with Crippen LogP contribution in [0, 0.1) is 11.8 Å². The van der Waals surface area contributed by atoms with E-state index in [2.05, 4.69) is 31.6 Å². The molecule has 4 amide bonds. The van der Waals surface area contributed by atoms with Gasteiger partial charge in [-0.05, 0) is 52.6 Å². The molecule has 286 valence electrons. The Morgan fingerprint density at radius 2 is 1.09 bits per heavy atom. The van der Waals surface area contributed by atoms with Crippen LogP contribution in [0.4, 0.5) is 4.79 Å². The van der Waals surface area contributed by atoms with Crippen LogP contribution in [0.2, 0.25) is 0 Å². The summed E-state index contributed by atoms with van der Waals surface area (Å²) in [5.41, 5.74) is 3.31. The standard InChI is InChI=1S/C42H52N6O6/c1-28(2)35(39(50)45-26-32-20-22-43-23-21-32)47-41(52)37(44-25-31-16-10-6-11-17-31)38(49)34(24-30-14-8-5-9-15-30)46-40(51)36(29(3)4)48-42(53)54-27-33-18-12-7-13-19-33/h5-23,28-29,34-38,44,49H,24-27H2,1-4H3,(H,45,50)(H,46,51)(H,47,52)(H,48,53)/t34-,35-,36-,37+,38+/m0/s1. The highest BCUT2D eigenvalue weighted by molar-refractivity contribution is 5.90. The van der Waals surface area contributed by atoms with Crippen molar-refractivity contribution in [3.63, 3.8) is 0 Å². The first kappa shape index (κ1) is 41.2. The molecule has 0 radical (unpaired) electrons. The Morgan fingerprint density at radius 1 is 0.593 bits per heavy atom. The van der Waals surface area contributed by atoms with Crippen molar-refractivity contribution >= 4 is 23.8 Å². The molecule has 3 aromatic carbocycles. The lowest BCUT2D eigenvalue weighted by Crippen LogP contribution is -2.63. The summed E-state index contributed by atoms with van der Waals surface area (Å²) >= 11 is 0. The van der Waals surface area contributed by atoms with E-state index in [4.69, 9.17) is 4.74 Å². The smallest absolute Gasteiger partial charge is 0.408 e. The van der Waals surface area contributed by atoms with Gasteiger partial charge >= 0.3 is 6.09 Å². The van der Waals surface area contributed by atoms with Gasteiger partial charge in [0.25, 0.3) is 0 Å². The molecular formula is C42H52N6O6. The number of carbonyl (C=O) groups excluding carboxylic acids is 4. The van der Waals surface area contributed by atoms with E-state index >= 15 is 0 Å². The van der Waals surface area contributed by atoms with Crippen molar-refractivity contribution in [1.29, 1.82) is 0 Å². The Labute approximate surface area is 317 Å². The summed E-state index contributed by atoms with van der Waals surface area (Å²) in [6.07, 6.45) is 1.18. The molecule has 1 aromatic heterocycles. The molecule has 0 aliphatic rings. The predicted octanol–water partition coefficient (Wildman–Crippen LogP) is 4.04. The van der Waals surface area contributed by atoms with Gasteiger partial charge in [0.05, 0.1) is 12.1 Å². The molecule has 0 aliphatic carbocycles. The third-order valence-corrected chi connectivity index (χ3v) is 8.93. The van der Waals surface area contributed by atoms with E-state index in [1.807, 2.05) is 105 Å². The number of nitrogens with zero attached hydrogens (tertiary/aromatic N) is 1. The number of amides is 4. The summed E-state index contributed by atoms with van der Waals surface area (Å²) in [6, 6.07) is 27.2. The minimum Gasteiger partial charge on any atom is -0.445 e. The molecule has 4 aromatic rings. The molecule has 5 atom stereocenters. The van der Waals surface area contributed by atoms with Gasteiger partial charge in [-0.1, -0.05) is 119 Å². The minimum atomic E-state index is -1.48. The van der Waals surface area contributed by atoms with Crippen LogP contribution in [0.15, 0.2) is 116 Å². The van der Waals surface area contributed by atoms with Gasteiger partial charge in [0, 0.05) is 25.5 Å². The number of ether oxygens (including phenoxy) is 1. The maximum absolute atomic E-state index is 14.2. The van der Waals surface area contributed by atoms with Gasteiger partial charge in [0.1, 0.15) is 24.7 Å². The van der Waals surface area contributed by atoms with Crippen LogP contribution < -0.4 is 26.6 Å². The van der Waals surface area contributed by atoms with Gasteiger partial charge in [0.2, 0.25) is 17.7 Å². The third-order valence-electron chi connectivity index (χ3n) is 8.93. The fourth-order valence-corrected chi connectivity index (χ4v) is 5.83. The summed E-state index contributed by atoms with van der Waals surface area (Å²) in [5, 5.41) is 26.7. The summed E-state index contributed by atoms with van der Waals surface area (Å²) in [6.45, 7) is 7.70. The molecule has 0 saturated carbocycles. The number of aromatic nitrogens is 1. The molecule has 4 rings (SSSR count). The van der Waals surface area contributed by atoms with E-state index in [1.165, 1.54) is 0 Å². The van der Waals surface area contributed by atoms with E-state index in [0.717, 1.165) is 22.3 Å². The Morgan fingerprint density at radius 3 is 1.67 bits per heavy atom. The van der Waals surface area contributed by atoms with Gasteiger partial charge in [-0.2, -0.15) is 0 Å². The minimum absolute atomic E-state index is 0.0253. The van der Waals surface area contributed by atoms with Gasteiger partial charge in [-0.3, -0.25) is 24.7 Å². The van der Waals surface area contributed by atoms with Gasteiger partial charge in [0.15, 0.2) is 0 Å². The second-order valence-corrected chi connectivity index (χ2v) is 13.9. The van der Waals surface area contributed by atoms with Crippen LogP contribution in [-0.4, -0.2) is 64.2 Å². The second-order valence-electron chi connectivity index (χ2n) is 13.9. The highest BCUT2D eigenvalue weighted by Gasteiger charge is 2.38. The molecule has 1 heterocycles. The normalized spacial score (nSPS) is 13.9. The molecule has 54 heavy (non-hydrogen) atoms. The number of benzene rings is 3. The molecule has 6 N–H and O–H groups in total. The number of aliphatic hydroxyl groups is 1. The maximum Gasteiger partial charge on any atom is 0.408 e. The summed E-state index contributed by atoms with van der Waals surface area (Å²) in [7, 11) is 0. The summed E-state index contributed by atoms with van der Waals surface area (Å²) in [4.78, 5) is 58.4. The van der Waals surface area contributed by atoms with Gasteiger partial charge in [-0.25, -0.2) is 4.79 Å². The van der Waals surface area contributed by atoms with Gasteiger partial charge < -0.3 is 31.1 Å². The molecule has 0 unspecified atom stereocenters. The van der Waals surface area contributed by atoms with Crippen LogP contribution in [0.25, 0.3) is 0 Å². The first-order chi connectivity index (χ1) is 26.0. The number of hydrogen-bond acceptors (Lipinski definition) is 8. The van der Waals surface area contributed by atoms with Crippen LogP contribution in [0.3, 0.4) is 0 Å². The third kappa shape index (κ3) is 13.1. The lowest BCUT2D eigenvalue weighted by atomic mass is 9.93. The summed E-state index contributed by atoms with van der Waals surface area (Å²) < 4.78 is 5.39. The van der Waals surface area contributed by atoms with Crippen LogP contribution in [-0.2, 0) is 45.2 Å². The van der Waals surface area contributed by atoms with E-state index in [0.29, 0.717) is 0 Å². The number of alkyl carbamates (subject to hydrolysis) is 1. The van der Waals surface area contributed by atoms with E-state index in [-0.39, 0.29) is 43.9 Å². The van der Waals surface area contributed by atoms with Crippen LogP contribution >= 0.6 is 0 Å². The number of carbonyl (C=O) groups is 4. The van der Waals surface area contributed by atoms with Crippen molar-refractivity contribution < 1.29 is 29.0 Å². The molecule has 0 bridgehead atoms. The monoisotopic (exact) mass is 736 g/mol. The van der Waals surface area contributed by atoms with E-state index in [1.54, 1.807) is 38.4 Å². The zero-order valence-electron chi connectivity index (χ0n) is 31.3. The Hall–Kier alpha value is -5.59. The number of aliphatic hydroxyl groups excluding tert-OH is 1. The number of rotatable bonds is 19. The first-order valence-electron chi connectivity index (χ1n) is 18.3. The lowest BCUT2D eigenvalue weighted by molar-refractivity contribution is -0.134. The van der Waals surface area contributed by atoms with Crippen molar-refractivity contribution in [3.05, 3.63) is 138 Å². The Bertz CT molecular complexity index is 1740. The van der Waals surface area contributed by atoms with Crippen molar-refractivity contribution in [2.75, 3.05) is 0 Å². The molecule has 0 saturated heterocycles. The SMILES string of the molecule is CC(C)[C@H](NC(=O)OCc1ccccc1)C(=O)N[C@@H](Cc1ccccc1)[C@@H](O)[C@@H](NCc1ccccc1)C(=O)N[C@H](C(=O)NCc1ccncc1)C(C)C. The molecule has 12 heteroatoms. The predicted molar refractivity (Wildman–Crippen MR) is 206 cm³/mol. The second kappa shape index (κ2) is 21.2. The highest BCUT2D eigenvalue weighted by atomic mass is 16.5. The average Bonchev–Trinajstić information content (AvgIpc) is 3.18. The van der Waals surface area contributed by atoms with Crippen LogP contribution in [0.5, 0.6) is 0 Å². The van der Waals surface area contributed by atoms with Crippen LogP contribution in [0.1, 0.15) is 49.9 Å². The first-order valence-corrected chi connectivity index (χ1v) is 18.3. The van der Waals surface area contributed by atoms with E-state index < -0.39 is 48.2 Å². The van der Waals surface area contributed by atoms with Gasteiger partial charge in [-0.15, -0.1) is 0 Å². The number of pyridine rings is 1. The lowest BCUT2D eigenvalue weighted by Gasteiger charge is -2.33. The molecule has 0 fully saturated rings. The number of nitrogens with one attached hydrogen (secondary N) is 5.